The standard InChI is InChI=1S/C20H20FNO3/c1-12-7-15(10-16(8-12)20(24)25)19(23)22-11-17(9-13(22)2)14-3-5-18(21)6-4-14/h3-8,10,13,17H,9,11H2,1-2H3,(H,24,25). The van der Waals surface area contributed by atoms with E-state index in [1.807, 2.05) is 6.92 Å². The molecule has 0 bridgehead atoms. The average Bonchev–Trinajstić information content (AvgIpc) is 2.96. The van der Waals surface area contributed by atoms with Gasteiger partial charge >= 0.3 is 5.97 Å². The lowest BCUT2D eigenvalue weighted by Crippen LogP contribution is -2.34. The highest BCUT2D eigenvalue weighted by Crippen LogP contribution is 2.32. The SMILES string of the molecule is Cc1cc(C(=O)O)cc(C(=O)N2CC(c3ccc(F)cc3)CC2C)c1. The number of rotatable bonds is 3. The zero-order chi connectivity index (χ0) is 18.1. The molecule has 1 saturated heterocycles. The van der Waals surface area contributed by atoms with E-state index in [4.69, 9.17) is 0 Å². The monoisotopic (exact) mass is 341 g/mol. The topological polar surface area (TPSA) is 57.6 Å². The maximum Gasteiger partial charge on any atom is 0.335 e. The summed E-state index contributed by atoms with van der Waals surface area (Å²) in [6, 6.07) is 11.1. The van der Waals surface area contributed by atoms with Crippen molar-refractivity contribution >= 4 is 11.9 Å². The Morgan fingerprint density at radius 3 is 2.40 bits per heavy atom. The second-order valence-corrected chi connectivity index (χ2v) is 6.68. The van der Waals surface area contributed by atoms with Crippen molar-refractivity contribution in [3.05, 3.63) is 70.5 Å². The van der Waals surface area contributed by atoms with E-state index in [0.29, 0.717) is 12.1 Å². The number of likely N-dealkylation sites (tertiary alicyclic amines) is 1. The second kappa shape index (κ2) is 6.67. The fraction of sp³-hybridized carbons (Fsp3) is 0.300. The summed E-state index contributed by atoms with van der Waals surface area (Å²) >= 11 is 0. The molecule has 1 amide bonds. The number of aryl methyl sites for hydroxylation is 1. The molecule has 25 heavy (non-hydrogen) atoms. The molecule has 1 N–H and O–H groups in total. The predicted molar refractivity (Wildman–Crippen MR) is 92.4 cm³/mol. The molecular formula is C20H20FNO3. The summed E-state index contributed by atoms with van der Waals surface area (Å²) in [7, 11) is 0. The molecule has 2 aromatic rings. The number of carboxylic acids is 1. The molecule has 2 unspecified atom stereocenters. The van der Waals surface area contributed by atoms with E-state index in [1.165, 1.54) is 18.2 Å². The van der Waals surface area contributed by atoms with E-state index in [0.717, 1.165) is 17.5 Å². The summed E-state index contributed by atoms with van der Waals surface area (Å²) in [6.07, 6.45) is 0.801. The van der Waals surface area contributed by atoms with Crippen LogP contribution in [0.25, 0.3) is 0 Å². The molecule has 1 heterocycles. The van der Waals surface area contributed by atoms with E-state index >= 15 is 0 Å². The van der Waals surface area contributed by atoms with Gasteiger partial charge in [-0.1, -0.05) is 12.1 Å². The van der Waals surface area contributed by atoms with Crippen molar-refractivity contribution in [1.82, 2.24) is 4.90 Å². The van der Waals surface area contributed by atoms with E-state index in [2.05, 4.69) is 0 Å². The highest BCUT2D eigenvalue weighted by atomic mass is 19.1. The number of amides is 1. The van der Waals surface area contributed by atoms with Crippen LogP contribution in [0.4, 0.5) is 4.39 Å². The fourth-order valence-electron chi connectivity index (χ4n) is 3.49. The minimum Gasteiger partial charge on any atom is -0.478 e. The van der Waals surface area contributed by atoms with Crippen LogP contribution in [0.15, 0.2) is 42.5 Å². The molecule has 0 saturated carbocycles. The number of benzene rings is 2. The van der Waals surface area contributed by atoms with Crippen molar-refractivity contribution in [2.75, 3.05) is 6.54 Å². The molecule has 1 aliphatic heterocycles. The van der Waals surface area contributed by atoms with Gasteiger partial charge in [0.15, 0.2) is 0 Å². The predicted octanol–water partition coefficient (Wildman–Crippen LogP) is 3.85. The quantitative estimate of drug-likeness (QED) is 0.922. The number of hydrogen-bond acceptors (Lipinski definition) is 2. The van der Waals surface area contributed by atoms with Crippen LogP contribution in [0.5, 0.6) is 0 Å². The fourth-order valence-corrected chi connectivity index (χ4v) is 3.49. The number of carboxylic acid groups (broad SMARTS) is 1. The molecule has 0 aliphatic carbocycles. The average molecular weight is 341 g/mol. The molecule has 2 aromatic carbocycles. The highest BCUT2D eigenvalue weighted by molar-refractivity contribution is 5.98. The van der Waals surface area contributed by atoms with Gasteiger partial charge in [0.05, 0.1) is 5.56 Å². The first-order valence-electron chi connectivity index (χ1n) is 8.26. The van der Waals surface area contributed by atoms with Crippen molar-refractivity contribution in [2.24, 2.45) is 0 Å². The zero-order valence-corrected chi connectivity index (χ0v) is 14.2. The molecule has 0 spiro atoms. The molecule has 130 valence electrons. The van der Waals surface area contributed by atoms with Gasteiger partial charge in [-0.3, -0.25) is 4.79 Å². The third-order valence-corrected chi connectivity index (χ3v) is 4.75. The summed E-state index contributed by atoms with van der Waals surface area (Å²) in [4.78, 5) is 25.9. The van der Waals surface area contributed by atoms with Crippen LogP contribution in [-0.4, -0.2) is 34.5 Å². The molecule has 2 atom stereocenters. The highest BCUT2D eigenvalue weighted by Gasteiger charge is 2.33. The van der Waals surface area contributed by atoms with Crippen LogP contribution in [-0.2, 0) is 0 Å². The molecule has 0 radical (unpaired) electrons. The lowest BCUT2D eigenvalue weighted by atomic mass is 9.97. The number of hydrogen-bond donors (Lipinski definition) is 1. The van der Waals surface area contributed by atoms with Crippen molar-refractivity contribution in [1.29, 1.82) is 0 Å². The molecule has 3 rings (SSSR count). The Morgan fingerprint density at radius 2 is 1.76 bits per heavy atom. The Hall–Kier alpha value is -2.69. The number of aromatic carboxylic acids is 1. The van der Waals surface area contributed by atoms with Gasteiger partial charge in [0.25, 0.3) is 5.91 Å². The third-order valence-electron chi connectivity index (χ3n) is 4.75. The Labute approximate surface area is 145 Å². The number of carbonyl (C=O) groups is 2. The maximum absolute atomic E-state index is 13.1. The van der Waals surface area contributed by atoms with E-state index < -0.39 is 5.97 Å². The zero-order valence-electron chi connectivity index (χ0n) is 14.2. The van der Waals surface area contributed by atoms with Crippen LogP contribution in [0.1, 0.15) is 51.1 Å². The number of carbonyl (C=O) groups excluding carboxylic acids is 1. The van der Waals surface area contributed by atoms with Crippen molar-refractivity contribution in [3.8, 4) is 0 Å². The minimum atomic E-state index is -1.04. The van der Waals surface area contributed by atoms with Gasteiger partial charge < -0.3 is 10.0 Å². The van der Waals surface area contributed by atoms with Crippen LogP contribution in [0.3, 0.4) is 0 Å². The summed E-state index contributed by atoms with van der Waals surface area (Å²) in [5.74, 6) is -1.33. The number of nitrogens with zero attached hydrogens (tertiary/aromatic N) is 1. The van der Waals surface area contributed by atoms with Crippen LogP contribution in [0, 0.1) is 12.7 Å². The third kappa shape index (κ3) is 3.55. The van der Waals surface area contributed by atoms with Crippen molar-refractivity contribution in [2.45, 2.75) is 32.2 Å². The summed E-state index contributed by atoms with van der Waals surface area (Å²) < 4.78 is 13.1. The summed E-state index contributed by atoms with van der Waals surface area (Å²) in [5.41, 5.74) is 2.26. The second-order valence-electron chi connectivity index (χ2n) is 6.68. The molecule has 5 heteroatoms. The maximum atomic E-state index is 13.1. The van der Waals surface area contributed by atoms with Crippen LogP contribution >= 0.6 is 0 Å². The molecule has 1 fully saturated rings. The summed E-state index contributed by atoms with van der Waals surface area (Å²) in [5, 5.41) is 9.19. The van der Waals surface area contributed by atoms with Gasteiger partial charge in [0.1, 0.15) is 5.82 Å². The first-order chi connectivity index (χ1) is 11.8. The molecule has 1 aliphatic rings. The Bertz CT molecular complexity index is 816. The van der Waals surface area contributed by atoms with Crippen molar-refractivity contribution < 1.29 is 19.1 Å². The minimum absolute atomic E-state index is 0.0383. The van der Waals surface area contributed by atoms with Gasteiger partial charge in [-0.15, -0.1) is 0 Å². The van der Waals surface area contributed by atoms with Crippen molar-refractivity contribution in [3.63, 3.8) is 0 Å². The van der Waals surface area contributed by atoms with Gasteiger partial charge in [-0.25, -0.2) is 9.18 Å². The lowest BCUT2D eigenvalue weighted by molar-refractivity contribution is 0.0696. The Balaban J connectivity index is 1.83. The van der Waals surface area contributed by atoms with Gasteiger partial charge in [-0.2, -0.15) is 0 Å². The van der Waals surface area contributed by atoms with Gasteiger partial charge in [-0.05, 0) is 61.7 Å². The normalized spacial score (nSPS) is 19.9. The Kier molecular flexibility index (Phi) is 4.57. The van der Waals surface area contributed by atoms with E-state index in [-0.39, 0.29) is 29.2 Å². The first-order valence-corrected chi connectivity index (χ1v) is 8.26. The summed E-state index contributed by atoms with van der Waals surface area (Å²) in [6.45, 7) is 4.30. The largest absolute Gasteiger partial charge is 0.478 e. The molecular weight excluding hydrogens is 321 g/mol. The van der Waals surface area contributed by atoms with E-state index in [1.54, 1.807) is 36.1 Å². The first kappa shape index (κ1) is 17.1. The Morgan fingerprint density at radius 1 is 1.12 bits per heavy atom. The van der Waals surface area contributed by atoms with Crippen LogP contribution in [0.2, 0.25) is 0 Å². The van der Waals surface area contributed by atoms with Gasteiger partial charge in [0, 0.05) is 24.1 Å². The smallest absolute Gasteiger partial charge is 0.335 e. The van der Waals surface area contributed by atoms with E-state index in [9.17, 15) is 19.1 Å². The van der Waals surface area contributed by atoms with Crippen LogP contribution < -0.4 is 0 Å². The van der Waals surface area contributed by atoms with Gasteiger partial charge in [0.2, 0.25) is 0 Å². The molecule has 4 nitrogen and oxygen atoms in total. The number of halogens is 1. The molecule has 0 aromatic heterocycles. The lowest BCUT2D eigenvalue weighted by Gasteiger charge is -2.22.